The van der Waals surface area contributed by atoms with Crippen molar-refractivity contribution in [1.29, 1.82) is 0 Å². The summed E-state index contributed by atoms with van der Waals surface area (Å²) < 4.78 is 5.13. The first kappa shape index (κ1) is 11.4. The second kappa shape index (κ2) is 7.10. The van der Waals surface area contributed by atoms with Crippen molar-refractivity contribution in [3.63, 3.8) is 0 Å². The summed E-state index contributed by atoms with van der Waals surface area (Å²) in [5.74, 6) is 0.0619. The predicted molar refractivity (Wildman–Crippen MR) is 51.1 cm³/mol. The lowest BCUT2D eigenvalue weighted by atomic mass is 10.1. The van der Waals surface area contributed by atoms with Crippen LogP contribution in [0.2, 0.25) is 0 Å². The SMILES string of the molecule is CC.CC(=O)NC1CCOCC1.[HH]. The smallest absolute Gasteiger partial charge is 0.217 e. The summed E-state index contributed by atoms with van der Waals surface area (Å²) in [5.41, 5.74) is 0. The van der Waals surface area contributed by atoms with E-state index in [0.29, 0.717) is 6.04 Å². The minimum Gasteiger partial charge on any atom is -0.381 e. The molecule has 1 aliphatic rings. The summed E-state index contributed by atoms with van der Waals surface area (Å²) >= 11 is 0. The molecule has 1 rings (SSSR count). The Kier molecular flexibility index (Phi) is 6.76. The Balaban J connectivity index is 0. The summed E-state index contributed by atoms with van der Waals surface area (Å²) in [6.45, 7) is 7.12. The fourth-order valence-electron chi connectivity index (χ4n) is 1.13. The molecule has 1 fully saturated rings. The van der Waals surface area contributed by atoms with E-state index in [1.807, 2.05) is 13.8 Å². The number of carbonyl (C=O) groups is 1. The zero-order chi connectivity index (χ0) is 9.40. The van der Waals surface area contributed by atoms with E-state index >= 15 is 0 Å². The van der Waals surface area contributed by atoms with Gasteiger partial charge in [-0.3, -0.25) is 4.79 Å². The van der Waals surface area contributed by atoms with Crippen molar-refractivity contribution in [2.45, 2.75) is 39.7 Å². The Bertz CT molecular complexity index is 125. The van der Waals surface area contributed by atoms with E-state index in [4.69, 9.17) is 4.74 Å². The van der Waals surface area contributed by atoms with Crippen molar-refractivity contribution in [2.75, 3.05) is 13.2 Å². The number of nitrogens with one attached hydrogen (secondary N) is 1. The number of hydrogen-bond acceptors (Lipinski definition) is 2. The zero-order valence-corrected chi connectivity index (χ0v) is 8.22. The summed E-state index contributed by atoms with van der Waals surface area (Å²) in [4.78, 5) is 10.6. The Labute approximate surface area is 76.0 Å². The maximum Gasteiger partial charge on any atom is 0.217 e. The zero-order valence-electron chi connectivity index (χ0n) is 8.22. The molecule has 1 N–H and O–H groups in total. The molecule has 0 aromatic rings. The lowest BCUT2D eigenvalue weighted by molar-refractivity contribution is -0.120. The quantitative estimate of drug-likeness (QED) is 0.657. The Morgan fingerprint density at radius 3 is 2.33 bits per heavy atom. The highest BCUT2D eigenvalue weighted by Gasteiger charge is 2.13. The van der Waals surface area contributed by atoms with Crippen LogP contribution < -0.4 is 5.32 Å². The van der Waals surface area contributed by atoms with E-state index in [2.05, 4.69) is 5.32 Å². The van der Waals surface area contributed by atoms with Gasteiger partial charge in [-0.05, 0) is 12.8 Å². The molecule has 0 radical (unpaired) electrons. The van der Waals surface area contributed by atoms with Crippen LogP contribution in [0.25, 0.3) is 0 Å². The second-order valence-electron chi connectivity index (χ2n) is 2.59. The molecular formula is C9H21NO2. The number of amides is 1. The molecule has 0 aromatic heterocycles. The van der Waals surface area contributed by atoms with E-state index in [-0.39, 0.29) is 7.33 Å². The van der Waals surface area contributed by atoms with Gasteiger partial charge in [0.1, 0.15) is 0 Å². The molecule has 74 valence electrons. The monoisotopic (exact) mass is 175 g/mol. The predicted octanol–water partition coefficient (Wildman–Crippen LogP) is 1.57. The largest absolute Gasteiger partial charge is 0.381 e. The number of carbonyl (C=O) groups excluding carboxylic acids is 1. The fourth-order valence-corrected chi connectivity index (χ4v) is 1.13. The molecule has 0 atom stereocenters. The first-order chi connectivity index (χ1) is 5.79. The summed E-state index contributed by atoms with van der Waals surface area (Å²) in [6.07, 6.45) is 1.92. The molecule has 0 spiro atoms. The summed E-state index contributed by atoms with van der Waals surface area (Å²) in [5, 5.41) is 2.86. The van der Waals surface area contributed by atoms with Gasteiger partial charge >= 0.3 is 0 Å². The van der Waals surface area contributed by atoms with Crippen molar-refractivity contribution in [3.05, 3.63) is 0 Å². The molecule has 1 amide bonds. The molecule has 0 unspecified atom stereocenters. The number of rotatable bonds is 1. The molecule has 1 aliphatic heterocycles. The topological polar surface area (TPSA) is 38.3 Å². The van der Waals surface area contributed by atoms with Crippen molar-refractivity contribution in [1.82, 2.24) is 5.32 Å². The molecule has 1 heterocycles. The van der Waals surface area contributed by atoms with Crippen molar-refractivity contribution < 1.29 is 11.0 Å². The van der Waals surface area contributed by atoms with Crippen molar-refractivity contribution in [2.24, 2.45) is 0 Å². The summed E-state index contributed by atoms with van der Waals surface area (Å²) in [6, 6.07) is 0.353. The maximum absolute atomic E-state index is 10.6. The fraction of sp³-hybridized carbons (Fsp3) is 0.889. The molecule has 0 aliphatic carbocycles. The van der Waals surface area contributed by atoms with Gasteiger partial charge in [0.25, 0.3) is 0 Å². The van der Waals surface area contributed by atoms with Gasteiger partial charge in [0.05, 0.1) is 0 Å². The Morgan fingerprint density at radius 2 is 1.92 bits per heavy atom. The van der Waals surface area contributed by atoms with Crippen LogP contribution in [0.3, 0.4) is 0 Å². The van der Waals surface area contributed by atoms with Gasteiger partial charge in [0, 0.05) is 27.6 Å². The average Bonchev–Trinajstić information content (AvgIpc) is 2.08. The van der Waals surface area contributed by atoms with Gasteiger partial charge in [-0.2, -0.15) is 0 Å². The highest BCUT2D eigenvalue weighted by atomic mass is 16.5. The number of ether oxygens (including phenoxy) is 1. The summed E-state index contributed by atoms with van der Waals surface area (Å²) in [7, 11) is 0. The van der Waals surface area contributed by atoms with Gasteiger partial charge in [0.15, 0.2) is 0 Å². The van der Waals surface area contributed by atoms with Crippen LogP contribution in [0.4, 0.5) is 0 Å². The van der Waals surface area contributed by atoms with E-state index in [1.165, 1.54) is 0 Å². The van der Waals surface area contributed by atoms with Gasteiger partial charge in [-0.15, -0.1) is 0 Å². The Morgan fingerprint density at radius 1 is 1.42 bits per heavy atom. The third kappa shape index (κ3) is 5.13. The lowest BCUT2D eigenvalue weighted by Gasteiger charge is -2.22. The first-order valence-electron chi connectivity index (χ1n) is 4.64. The standard InChI is InChI=1S/C7H13NO2.C2H6.H2/c1-6(9)8-7-2-4-10-5-3-7;1-2;/h7H,2-5H2,1H3,(H,8,9);1-2H3;1H. The Hall–Kier alpha value is -0.570. The average molecular weight is 175 g/mol. The van der Waals surface area contributed by atoms with E-state index in [1.54, 1.807) is 6.92 Å². The van der Waals surface area contributed by atoms with Crippen LogP contribution in [0.5, 0.6) is 0 Å². The van der Waals surface area contributed by atoms with Crippen LogP contribution in [0, 0.1) is 0 Å². The molecule has 1 saturated heterocycles. The minimum atomic E-state index is 0. The molecule has 0 aromatic carbocycles. The van der Waals surface area contributed by atoms with Crippen molar-refractivity contribution >= 4 is 5.91 Å². The second-order valence-corrected chi connectivity index (χ2v) is 2.59. The molecule has 3 heteroatoms. The van der Waals surface area contributed by atoms with E-state index < -0.39 is 0 Å². The molecule has 3 nitrogen and oxygen atoms in total. The van der Waals surface area contributed by atoms with Crippen LogP contribution in [-0.4, -0.2) is 25.2 Å². The van der Waals surface area contributed by atoms with Crippen molar-refractivity contribution in [3.8, 4) is 0 Å². The van der Waals surface area contributed by atoms with Gasteiger partial charge in [-0.25, -0.2) is 0 Å². The van der Waals surface area contributed by atoms with Gasteiger partial charge in [0.2, 0.25) is 5.91 Å². The minimum absolute atomic E-state index is 0. The first-order valence-corrected chi connectivity index (χ1v) is 4.64. The molecule has 0 bridgehead atoms. The highest BCUT2D eigenvalue weighted by molar-refractivity contribution is 5.73. The van der Waals surface area contributed by atoms with Gasteiger partial charge < -0.3 is 10.1 Å². The highest BCUT2D eigenvalue weighted by Crippen LogP contribution is 2.05. The van der Waals surface area contributed by atoms with Crippen LogP contribution in [-0.2, 0) is 9.53 Å². The van der Waals surface area contributed by atoms with Gasteiger partial charge in [-0.1, -0.05) is 13.8 Å². The molecule has 0 saturated carbocycles. The third-order valence-electron chi connectivity index (χ3n) is 1.63. The van der Waals surface area contributed by atoms with E-state index in [0.717, 1.165) is 26.1 Å². The molecular weight excluding hydrogens is 154 g/mol. The molecule has 12 heavy (non-hydrogen) atoms. The van der Waals surface area contributed by atoms with Crippen LogP contribution >= 0.6 is 0 Å². The van der Waals surface area contributed by atoms with Crippen LogP contribution in [0.15, 0.2) is 0 Å². The van der Waals surface area contributed by atoms with Crippen LogP contribution in [0.1, 0.15) is 35.0 Å². The third-order valence-corrected chi connectivity index (χ3v) is 1.63. The normalized spacial score (nSPS) is 17.6. The number of hydrogen-bond donors (Lipinski definition) is 1. The van der Waals surface area contributed by atoms with E-state index in [9.17, 15) is 4.79 Å². The lowest BCUT2D eigenvalue weighted by Crippen LogP contribution is -2.37. The maximum atomic E-state index is 10.6.